The van der Waals surface area contributed by atoms with Crippen LogP contribution < -0.4 is 0 Å². The lowest BCUT2D eigenvalue weighted by Crippen LogP contribution is -2.01. The number of rotatable bonds is 10. The molecule has 0 atom stereocenters. The van der Waals surface area contributed by atoms with Gasteiger partial charge in [0.25, 0.3) is 0 Å². The van der Waals surface area contributed by atoms with Crippen molar-refractivity contribution in [3.05, 3.63) is 60.2 Å². The van der Waals surface area contributed by atoms with Crippen LogP contribution in [0.3, 0.4) is 0 Å². The molecule has 0 aliphatic heterocycles. The highest BCUT2D eigenvalue weighted by Gasteiger charge is 2.05. The highest BCUT2D eigenvalue weighted by Crippen LogP contribution is 2.20. The molecule has 2 nitrogen and oxygen atoms in total. The van der Waals surface area contributed by atoms with Crippen LogP contribution in [-0.2, 0) is 0 Å². The van der Waals surface area contributed by atoms with Gasteiger partial charge in [0.15, 0.2) is 0 Å². The van der Waals surface area contributed by atoms with E-state index in [2.05, 4.69) is 48.5 Å². The van der Waals surface area contributed by atoms with Gasteiger partial charge in [0.1, 0.15) is 0 Å². The summed E-state index contributed by atoms with van der Waals surface area (Å²) in [7, 11) is 0. The first-order valence-corrected chi connectivity index (χ1v) is 9.22. The maximum absolute atomic E-state index is 9.33. The highest BCUT2D eigenvalue weighted by molar-refractivity contribution is 6.00. The van der Waals surface area contributed by atoms with Crippen molar-refractivity contribution in [2.45, 2.75) is 58.3 Å². The van der Waals surface area contributed by atoms with Crippen LogP contribution in [0.4, 0.5) is 0 Å². The molecule has 24 heavy (non-hydrogen) atoms. The van der Waals surface area contributed by atoms with E-state index in [1.165, 1.54) is 49.7 Å². The Hall–Kier alpha value is -2.09. The molecular formula is C22H29NO. The number of oxime groups is 1. The molecule has 0 fully saturated rings. The molecule has 0 aliphatic rings. The lowest BCUT2D eigenvalue weighted by atomic mass is 9.99. The van der Waals surface area contributed by atoms with E-state index in [1.54, 1.807) is 0 Å². The van der Waals surface area contributed by atoms with Crippen LogP contribution in [-0.4, -0.2) is 10.9 Å². The molecule has 2 aromatic carbocycles. The van der Waals surface area contributed by atoms with Gasteiger partial charge in [0.2, 0.25) is 0 Å². The summed E-state index contributed by atoms with van der Waals surface area (Å²) in [6.45, 7) is 2.24. The predicted molar refractivity (Wildman–Crippen MR) is 103 cm³/mol. The quantitative estimate of drug-likeness (QED) is 0.225. The fourth-order valence-corrected chi connectivity index (χ4v) is 2.99. The summed E-state index contributed by atoms with van der Waals surface area (Å²) in [5.74, 6) is 0. The maximum atomic E-state index is 9.33. The molecule has 0 aromatic heterocycles. The Labute approximate surface area is 146 Å². The summed E-state index contributed by atoms with van der Waals surface area (Å²) in [5.41, 5.74) is 4.21. The van der Waals surface area contributed by atoms with Gasteiger partial charge in [-0.3, -0.25) is 0 Å². The van der Waals surface area contributed by atoms with Gasteiger partial charge in [0.05, 0.1) is 5.71 Å². The molecule has 0 amide bonds. The summed E-state index contributed by atoms with van der Waals surface area (Å²) >= 11 is 0. The second-order valence-electron chi connectivity index (χ2n) is 6.36. The molecule has 0 unspecified atom stereocenters. The average Bonchev–Trinajstić information content (AvgIpc) is 2.65. The van der Waals surface area contributed by atoms with Crippen molar-refractivity contribution in [2.24, 2.45) is 5.16 Å². The standard InChI is InChI=1S/C22H29NO/c1-2-3-4-5-6-7-11-14-22(23-24)21-17-15-20(16-18-21)19-12-9-8-10-13-19/h8-10,12-13,15-18,24H,2-7,11,14H2,1H3/b23-22+. The van der Waals surface area contributed by atoms with Crippen molar-refractivity contribution in [3.63, 3.8) is 0 Å². The van der Waals surface area contributed by atoms with E-state index >= 15 is 0 Å². The van der Waals surface area contributed by atoms with Crippen LogP contribution >= 0.6 is 0 Å². The number of hydrogen-bond acceptors (Lipinski definition) is 2. The van der Waals surface area contributed by atoms with Gasteiger partial charge in [-0.2, -0.15) is 0 Å². The van der Waals surface area contributed by atoms with Gasteiger partial charge in [-0.15, -0.1) is 0 Å². The largest absolute Gasteiger partial charge is 0.411 e. The van der Waals surface area contributed by atoms with Gasteiger partial charge < -0.3 is 5.21 Å². The fraction of sp³-hybridized carbons (Fsp3) is 0.409. The zero-order valence-corrected chi connectivity index (χ0v) is 14.7. The zero-order valence-electron chi connectivity index (χ0n) is 14.7. The molecule has 0 aliphatic carbocycles. The van der Waals surface area contributed by atoms with Crippen LogP contribution in [0.2, 0.25) is 0 Å². The van der Waals surface area contributed by atoms with Crippen molar-refractivity contribution in [3.8, 4) is 11.1 Å². The number of unbranched alkanes of at least 4 members (excludes halogenated alkanes) is 6. The molecule has 0 heterocycles. The molecule has 1 N–H and O–H groups in total. The average molecular weight is 323 g/mol. The third kappa shape index (κ3) is 5.84. The number of hydrogen-bond donors (Lipinski definition) is 1. The van der Waals surface area contributed by atoms with Crippen LogP contribution in [0.5, 0.6) is 0 Å². The second-order valence-corrected chi connectivity index (χ2v) is 6.36. The Kier molecular flexibility index (Phi) is 8.09. The van der Waals surface area contributed by atoms with Crippen LogP contribution in [0.25, 0.3) is 11.1 Å². The highest BCUT2D eigenvalue weighted by atomic mass is 16.4. The monoisotopic (exact) mass is 323 g/mol. The van der Waals surface area contributed by atoms with E-state index < -0.39 is 0 Å². The lowest BCUT2D eigenvalue weighted by Gasteiger charge is -2.07. The zero-order chi connectivity index (χ0) is 17.0. The van der Waals surface area contributed by atoms with E-state index in [0.29, 0.717) is 0 Å². The molecule has 2 heteroatoms. The van der Waals surface area contributed by atoms with Crippen LogP contribution in [0.15, 0.2) is 59.8 Å². The van der Waals surface area contributed by atoms with Crippen LogP contribution in [0.1, 0.15) is 63.9 Å². The Balaban J connectivity index is 1.83. The van der Waals surface area contributed by atoms with Crippen molar-refractivity contribution in [2.75, 3.05) is 0 Å². The minimum atomic E-state index is 0.795. The number of nitrogens with zero attached hydrogens (tertiary/aromatic N) is 1. The topological polar surface area (TPSA) is 32.6 Å². The first-order chi connectivity index (χ1) is 11.8. The molecule has 2 rings (SSSR count). The third-order valence-electron chi connectivity index (χ3n) is 4.46. The molecule has 0 radical (unpaired) electrons. The first kappa shape index (κ1) is 18.3. The van der Waals surface area contributed by atoms with E-state index in [4.69, 9.17) is 0 Å². The summed E-state index contributed by atoms with van der Waals surface area (Å²) in [6.07, 6.45) is 9.73. The van der Waals surface area contributed by atoms with Crippen LogP contribution in [0, 0.1) is 0 Å². The molecular weight excluding hydrogens is 294 g/mol. The predicted octanol–water partition coefficient (Wildman–Crippen LogP) is 6.67. The normalized spacial score (nSPS) is 11.6. The minimum Gasteiger partial charge on any atom is -0.411 e. The minimum absolute atomic E-state index is 0.795. The summed E-state index contributed by atoms with van der Waals surface area (Å²) in [4.78, 5) is 0. The van der Waals surface area contributed by atoms with Crippen molar-refractivity contribution in [1.82, 2.24) is 0 Å². The SMILES string of the molecule is CCCCCCCCC/C(=N\O)c1ccc(-c2ccccc2)cc1. The lowest BCUT2D eigenvalue weighted by molar-refractivity contribution is 0.317. The van der Waals surface area contributed by atoms with E-state index in [0.717, 1.165) is 24.1 Å². The molecule has 0 bridgehead atoms. The van der Waals surface area contributed by atoms with Crippen molar-refractivity contribution in [1.29, 1.82) is 0 Å². The summed E-state index contributed by atoms with van der Waals surface area (Å²) in [6, 6.07) is 18.6. The fourth-order valence-electron chi connectivity index (χ4n) is 2.99. The number of benzene rings is 2. The smallest absolute Gasteiger partial charge is 0.0867 e. The van der Waals surface area contributed by atoms with Gasteiger partial charge in [-0.05, 0) is 29.5 Å². The molecule has 2 aromatic rings. The van der Waals surface area contributed by atoms with E-state index in [9.17, 15) is 5.21 Å². The third-order valence-corrected chi connectivity index (χ3v) is 4.46. The summed E-state index contributed by atoms with van der Waals surface area (Å²) < 4.78 is 0. The first-order valence-electron chi connectivity index (χ1n) is 9.22. The molecule has 0 saturated carbocycles. The van der Waals surface area contributed by atoms with Crippen molar-refractivity contribution >= 4 is 5.71 Å². The van der Waals surface area contributed by atoms with Gasteiger partial charge in [0, 0.05) is 0 Å². The second kappa shape index (κ2) is 10.6. The van der Waals surface area contributed by atoms with Gasteiger partial charge >= 0.3 is 0 Å². The maximum Gasteiger partial charge on any atom is 0.0867 e. The van der Waals surface area contributed by atoms with Gasteiger partial charge in [-0.1, -0.05) is 105 Å². The summed E-state index contributed by atoms with van der Waals surface area (Å²) in [5, 5.41) is 12.9. The van der Waals surface area contributed by atoms with Crippen molar-refractivity contribution < 1.29 is 5.21 Å². The van der Waals surface area contributed by atoms with Gasteiger partial charge in [-0.25, -0.2) is 0 Å². The Morgan fingerprint density at radius 1 is 0.750 bits per heavy atom. The Bertz CT molecular complexity index is 602. The van der Waals surface area contributed by atoms with E-state index in [-0.39, 0.29) is 0 Å². The van der Waals surface area contributed by atoms with E-state index in [1.807, 2.05) is 18.2 Å². The molecule has 0 saturated heterocycles. The Morgan fingerprint density at radius 3 is 1.96 bits per heavy atom. The molecule has 0 spiro atoms. The molecule has 128 valence electrons. The Morgan fingerprint density at radius 2 is 1.33 bits per heavy atom.